The van der Waals surface area contributed by atoms with Gasteiger partial charge in [0.15, 0.2) is 0 Å². The van der Waals surface area contributed by atoms with Gasteiger partial charge < -0.3 is 9.64 Å². The molecule has 0 bridgehead atoms. The molecule has 2 aromatic rings. The maximum Gasteiger partial charge on any atom is 0.423 e. The summed E-state index contributed by atoms with van der Waals surface area (Å²) in [5, 5.41) is -0.810. The van der Waals surface area contributed by atoms with Gasteiger partial charge in [0.05, 0.1) is 11.6 Å². The van der Waals surface area contributed by atoms with Crippen molar-refractivity contribution >= 4 is 15.7 Å². The third-order valence-electron chi connectivity index (χ3n) is 4.20. The first kappa shape index (κ1) is 19.1. The molecular weight excluding hydrogens is 387 g/mol. The van der Waals surface area contributed by atoms with Gasteiger partial charge in [-0.05, 0) is 18.6 Å². The fraction of sp³-hybridized carbons (Fsp3) is 0.312. The van der Waals surface area contributed by atoms with Crippen molar-refractivity contribution < 1.29 is 31.1 Å². The maximum absolute atomic E-state index is 13.3. The maximum atomic E-state index is 13.3. The molecular formula is C16H14F3N3O4S. The number of hydrogen-bond acceptors (Lipinski definition) is 6. The van der Waals surface area contributed by atoms with E-state index in [9.17, 15) is 26.4 Å². The highest BCUT2D eigenvalue weighted by Gasteiger charge is 2.39. The number of halogens is 3. The van der Waals surface area contributed by atoms with Gasteiger partial charge in [-0.2, -0.15) is 18.2 Å². The number of hydrogen-bond donors (Lipinski definition) is 0. The predicted octanol–water partition coefficient (Wildman–Crippen LogP) is 2.84. The van der Waals surface area contributed by atoms with Gasteiger partial charge >= 0.3 is 6.18 Å². The summed E-state index contributed by atoms with van der Waals surface area (Å²) in [6.45, 7) is 1.76. The van der Waals surface area contributed by atoms with E-state index >= 15 is 0 Å². The summed E-state index contributed by atoms with van der Waals surface area (Å²) in [6.07, 6.45) is -3.77. The van der Waals surface area contributed by atoms with Gasteiger partial charge in [-0.15, -0.1) is 0 Å². The fourth-order valence-corrected chi connectivity index (χ4v) is 3.17. The minimum absolute atomic E-state index is 0.111. The lowest BCUT2D eigenvalue weighted by Gasteiger charge is -2.14. The van der Waals surface area contributed by atoms with Crippen LogP contribution >= 0.6 is 0 Å². The van der Waals surface area contributed by atoms with E-state index in [4.69, 9.17) is 4.74 Å². The number of rotatable bonds is 3. The van der Waals surface area contributed by atoms with Crippen LogP contribution in [0.15, 0.2) is 29.6 Å². The van der Waals surface area contributed by atoms with E-state index in [-0.39, 0.29) is 17.4 Å². The molecule has 1 aliphatic rings. The first-order chi connectivity index (χ1) is 12.4. The minimum Gasteiger partial charge on any atom is -0.437 e. The van der Waals surface area contributed by atoms with Crippen LogP contribution in [0.5, 0.6) is 11.6 Å². The van der Waals surface area contributed by atoms with E-state index in [1.807, 2.05) is 0 Å². The average molecular weight is 401 g/mol. The van der Waals surface area contributed by atoms with Crippen LogP contribution in [0.4, 0.5) is 13.2 Å². The van der Waals surface area contributed by atoms with Crippen molar-refractivity contribution in [1.82, 2.24) is 14.9 Å². The van der Waals surface area contributed by atoms with Crippen molar-refractivity contribution in [2.24, 2.45) is 0 Å². The van der Waals surface area contributed by atoms with Crippen LogP contribution < -0.4 is 4.74 Å². The largest absolute Gasteiger partial charge is 0.437 e. The smallest absolute Gasteiger partial charge is 0.423 e. The summed E-state index contributed by atoms with van der Waals surface area (Å²) < 4.78 is 68.3. The number of amides is 1. The molecule has 0 aliphatic carbocycles. The van der Waals surface area contributed by atoms with Crippen LogP contribution in [0.3, 0.4) is 0 Å². The molecule has 0 spiro atoms. The number of fused-ring (bicyclic) bond motifs is 1. The summed E-state index contributed by atoms with van der Waals surface area (Å²) in [4.78, 5) is 20.5. The molecule has 3 rings (SSSR count). The molecule has 144 valence electrons. The number of carbonyl (C=O) groups is 1. The number of carbonyl (C=O) groups excluding carboxylic acids is 1. The van der Waals surface area contributed by atoms with Crippen molar-refractivity contribution in [2.45, 2.75) is 24.3 Å². The van der Waals surface area contributed by atoms with Crippen LogP contribution in [0, 0.1) is 0 Å². The monoisotopic (exact) mass is 401 g/mol. The first-order valence-corrected chi connectivity index (χ1v) is 9.52. The van der Waals surface area contributed by atoms with E-state index in [0.29, 0.717) is 11.8 Å². The molecule has 1 aromatic heterocycles. The Labute approximate surface area is 152 Å². The van der Waals surface area contributed by atoms with Crippen LogP contribution in [-0.2, 0) is 16.0 Å². The molecule has 7 nitrogen and oxygen atoms in total. The highest BCUT2D eigenvalue weighted by molar-refractivity contribution is 7.90. The van der Waals surface area contributed by atoms with Crippen molar-refractivity contribution in [3.05, 3.63) is 41.1 Å². The first-order valence-electron chi connectivity index (χ1n) is 7.63. The molecule has 1 unspecified atom stereocenters. The summed E-state index contributed by atoms with van der Waals surface area (Å²) in [5.41, 5.74) is -0.648. The molecule has 1 amide bonds. The van der Waals surface area contributed by atoms with Crippen molar-refractivity contribution in [3.63, 3.8) is 0 Å². The van der Waals surface area contributed by atoms with Gasteiger partial charge in [0.25, 0.3) is 5.91 Å². The predicted molar refractivity (Wildman–Crippen MR) is 87.2 cm³/mol. The second kappa shape index (κ2) is 6.19. The fourth-order valence-electron chi connectivity index (χ4n) is 2.68. The summed E-state index contributed by atoms with van der Waals surface area (Å²) in [5.74, 6) is -1.54. The molecule has 0 saturated heterocycles. The average Bonchev–Trinajstić information content (AvgIpc) is 2.78. The Morgan fingerprint density at radius 1 is 1.26 bits per heavy atom. The van der Waals surface area contributed by atoms with Crippen LogP contribution in [0.2, 0.25) is 0 Å². The second-order valence-electron chi connectivity index (χ2n) is 6.06. The molecule has 0 saturated carbocycles. The third-order valence-corrected chi connectivity index (χ3v) is 5.06. The number of ether oxygens (including phenoxy) is 1. The number of alkyl halides is 3. The molecule has 0 radical (unpaired) electrons. The number of nitrogens with zero attached hydrogens (tertiary/aromatic N) is 3. The Morgan fingerprint density at radius 2 is 1.93 bits per heavy atom. The Morgan fingerprint density at radius 3 is 2.52 bits per heavy atom. The molecule has 1 aliphatic heterocycles. The minimum atomic E-state index is -4.88. The Hall–Kier alpha value is -2.69. The van der Waals surface area contributed by atoms with Gasteiger partial charge in [0, 0.05) is 19.5 Å². The Bertz CT molecular complexity index is 1040. The molecule has 1 aromatic carbocycles. The van der Waals surface area contributed by atoms with E-state index in [1.54, 1.807) is 20.0 Å². The zero-order chi connectivity index (χ0) is 20.1. The third kappa shape index (κ3) is 3.34. The molecule has 11 heteroatoms. The normalized spacial score (nSPS) is 17.2. The molecule has 1 atom stereocenters. The summed E-state index contributed by atoms with van der Waals surface area (Å²) >= 11 is 0. The number of benzene rings is 1. The lowest BCUT2D eigenvalue weighted by atomic mass is 10.1. The van der Waals surface area contributed by atoms with Gasteiger partial charge in [0.1, 0.15) is 11.3 Å². The Balaban J connectivity index is 2.16. The van der Waals surface area contributed by atoms with E-state index < -0.39 is 38.5 Å². The molecule has 27 heavy (non-hydrogen) atoms. The standard InChI is InChI=1S/C16H14F3N3O4S/c1-8-9-5-4-6-11(12(9)14(23)22(8)2)26-13-10(16(17,18)19)7-20-15(21-13)27(3,24)25/h4-8H,1-3H3. The second-order valence-corrected chi connectivity index (χ2v) is 7.97. The van der Waals surface area contributed by atoms with Crippen molar-refractivity contribution in [2.75, 3.05) is 13.3 Å². The van der Waals surface area contributed by atoms with Crippen LogP contribution in [0.25, 0.3) is 0 Å². The van der Waals surface area contributed by atoms with Gasteiger partial charge in [-0.3, -0.25) is 4.79 Å². The summed E-state index contributed by atoms with van der Waals surface area (Å²) in [7, 11) is -2.40. The highest BCUT2D eigenvalue weighted by Crippen LogP contribution is 2.41. The quantitative estimate of drug-likeness (QED) is 0.735. The van der Waals surface area contributed by atoms with Gasteiger partial charge in [-0.1, -0.05) is 12.1 Å². The zero-order valence-corrected chi connectivity index (χ0v) is 15.2. The molecule has 2 heterocycles. The highest BCUT2D eigenvalue weighted by atomic mass is 32.2. The topological polar surface area (TPSA) is 89.5 Å². The zero-order valence-electron chi connectivity index (χ0n) is 14.4. The van der Waals surface area contributed by atoms with E-state index in [1.165, 1.54) is 17.0 Å². The lowest BCUT2D eigenvalue weighted by Crippen LogP contribution is -2.21. The van der Waals surface area contributed by atoms with Crippen LogP contribution in [-0.4, -0.2) is 42.5 Å². The van der Waals surface area contributed by atoms with Crippen molar-refractivity contribution in [3.8, 4) is 11.6 Å². The number of sulfone groups is 1. The number of aromatic nitrogens is 2. The van der Waals surface area contributed by atoms with Crippen LogP contribution in [0.1, 0.15) is 34.5 Å². The van der Waals surface area contributed by atoms with Gasteiger partial charge in [-0.25, -0.2) is 13.4 Å². The Kier molecular flexibility index (Phi) is 4.37. The summed E-state index contributed by atoms with van der Waals surface area (Å²) in [6, 6.07) is 4.24. The molecule has 0 N–H and O–H groups in total. The van der Waals surface area contributed by atoms with E-state index in [0.717, 1.165) is 6.26 Å². The van der Waals surface area contributed by atoms with Gasteiger partial charge in [0.2, 0.25) is 20.9 Å². The van der Waals surface area contributed by atoms with E-state index in [2.05, 4.69) is 9.97 Å². The van der Waals surface area contributed by atoms with Crippen molar-refractivity contribution in [1.29, 1.82) is 0 Å². The SMILES string of the molecule is CC1c2cccc(Oc3nc(S(C)(=O)=O)ncc3C(F)(F)F)c2C(=O)N1C. The lowest BCUT2D eigenvalue weighted by molar-refractivity contribution is -0.139. The molecule has 0 fully saturated rings.